The van der Waals surface area contributed by atoms with Crippen molar-refractivity contribution in [2.24, 2.45) is 5.41 Å². The molecule has 0 aromatic heterocycles. The minimum Gasteiger partial charge on any atom is -0.324 e. The molecule has 0 radical (unpaired) electrons. The van der Waals surface area contributed by atoms with Gasteiger partial charge in [-0.15, -0.1) is 0 Å². The number of nitriles is 1. The number of hydrogen-bond donors (Lipinski definition) is 1. The molecule has 16 heavy (non-hydrogen) atoms. The highest BCUT2D eigenvalue weighted by Crippen LogP contribution is 2.21. The third-order valence-electron chi connectivity index (χ3n) is 2.49. The lowest BCUT2D eigenvalue weighted by Gasteiger charge is -2.16. The Labute approximate surface area is 96.1 Å². The standard InChI is InChI=1S/C13H16N2O/c1-9-5-6-10(2)11(7-9)15-12(16)13(3,4)8-14/h5-7H,1-4H3,(H,15,16). The molecule has 84 valence electrons. The Morgan fingerprint density at radius 2 is 2.00 bits per heavy atom. The Bertz CT molecular complexity index is 455. The van der Waals surface area contributed by atoms with Gasteiger partial charge in [0.25, 0.3) is 0 Å². The Kier molecular flexibility index (Phi) is 3.34. The van der Waals surface area contributed by atoms with E-state index in [9.17, 15) is 4.79 Å². The van der Waals surface area contributed by atoms with Crippen molar-refractivity contribution in [1.29, 1.82) is 5.26 Å². The van der Waals surface area contributed by atoms with Crippen LogP contribution in [0.25, 0.3) is 0 Å². The number of nitrogens with zero attached hydrogens (tertiary/aromatic N) is 1. The van der Waals surface area contributed by atoms with Crippen molar-refractivity contribution in [1.82, 2.24) is 0 Å². The fourth-order valence-corrected chi connectivity index (χ4v) is 1.20. The van der Waals surface area contributed by atoms with Crippen molar-refractivity contribution in [2.75, 3.05) is 5.32 Å². The summed E-state index contributed by atoms with van der Waals surface area (Å²) in [5.74, 6) is -0.274. The lowest BCUT2D eigenvalue weighted by atomic mass is 9.94. The average molecular weight is 216 g/mol. The van der Waals surface area contributed by atoms with E-state index in [-0.39, 0.29) is 5.91 Å². The molecule has 0 unspecified atom stereocenters. The monoisotopic (exact) mass is 216 g/mol. The van der Waals surface area contributed by atoms with Crippen molar-refractivity contribution in [3.05, 3.63) is 29.3 Å². The lowest BCUT2D eigenvalue weighted by Crippen LogP contribution is -2.29. The van der Waals surface area contributed by atoms with Gasteiger partial charge < -0.3 is 5.32 Å². The lowest BCUT2D eigenvalue weighted by molar-refractivity contribution is -0.121. The van der Waals surface area contributed by atoms with Crippen LogP contribution in [-0.4, -0.2) is 5.91 Å². The molecule has 1 rings (SSSR count). The molecule has 0 aliphatic heterocycles. The second-order valence-corrected chi connectivity index (χ2v) is 4.51. The van der Waals surface area contributed by atoms with Gasteiger partial charge in [-0.3, -0.25) is 4.79 Å². The Balaban J connectivity index is 2.94. The van der Waals surface area contributed by atoms with Crippen LogP contribution in [0.5, 0.6) is 0 Å². The van der Waals surface area contributed by atoms with Crippen molar-refractivity contribution in [2.45, 2.75) is 27.7 Å². The largest absolute Gasteiger partial charge is 0.324 e. The van der Waals surface area contributed by atoms with Crippen LogP contribution in [0, 0.1) is 30.6 Å². The smallest absolute Gasteiger partial charge is 0.244 e. The highest BCUT2D eigenvalue weighted by Gasteiger charge is 2.27. The first kappa shape index (κ1) is 12.3. The maximum atomic E-state index is 11.8. The Morgan fingerprint density at radius 3 is 2.56 bits per heavy atom. The number of aryl methyl sites for hydroxylation is 2. The number of carbonyl (C=O) groups is 1. The number of rotatable bonds is 2. The van der Waals surface area contributed by atoms with Crippen LogP contribution in [-0.2, 0) is 4.79 Å². The Hall–Kier alpha value is -1.82. The van der Waals surface area contributed by atoms with E-state index in [4.69, 9.17) is 5.26 Å². The average Bonchev–Trinajstić information content (AvgIpc) is 2.23. The second-order valence-electron chi connectivity index (χ2n) is 4.51. The fraction of sp³-hybridized carbons (Fsp3) is 0.385. The van der Waals surface area contributed by atoms with E-state index >= 15 is 0 Å². The summed E-state index contributed by atoms with van der Waals surface area (Å²) < 4.78 is 0. The quantitative estimate of drug-likeness (QED) is 0.826. The zero-order valence-electron chi connectivity index (χ0n) is 10.1. The SMILES string of the molecule is Cc1ccc(C)c(NC(=O)C(C)(C)C#N)c1. The van der Waals surface area contributed by atoms with Crippen LogP contribution in [0.3, 0.4) is 0 Å². The zero-order valence-corrected chi connectivity index (χ0v) is 10.1. The normalized spacial score (nSPS) is 10.7. The molecule has 1 amide bonds. The van der Waals surface area contributed by atoms with Gasteiger partial charge in [0, 0.05) is 5.69 Å². The summed E-state index contributed by atoms with van der Waals surface area (Å²) >= 11 is 0. The molecule has 0 aliphatic rings. The molecule has 3 nitrogen and oxygen atoms in total. The summed E-state index contributed by atoms with van der Waals surface area (Å²) in [4.78, 5) is 11.8. The van der Waals surface area contributed by atoms with Crippen molar-refractivity contribution >= 4 is 11.6 Å². The molecule has 1 aromatic carbocycles. The first-order valence-electron chi connectivity index (χ1n) is 5.17. The van der Waals surface area contributed by atoms with Gasteiger partial charge in [-0.1, -0.05) is 12.1 Å². The predicted molar refractivity (Wildman–Crippen MR) is 63.9 cm³/mol. The van der Waals surface area contributed by atoms with Gasteiger partial charge in [-0.2, -0.15) is 5.26 Å². The summed E-state index contributed by atoms with van der Waals surface area (Å²) in [6, 6.07) is 7.82. The van der Waals surface area contributed by atoms with E-state index in [1.165, 1.54) is 0 Å². The van der Waals surface area contributed by atoms with Crippen LogP contribution < -0.4 is 5.32 Å². The van der Waals surface area contributed by atoms with Gasteiger partial charge >= 0.3 is 0 Å². The van der Waals surface area contributed by atoms with Gasteiger partial charge in [-0.05, 0) is 44.9 Å². The van der Waals surface area contributed by atoms with Crippen LogP contribution in [0.4, 0.5) is 5.69 Å². The summed E-state index contributed by atoms with van der Waals surface area (Å²) in [6.45, 7) is 7.10. The molecule has 0 fully saturated rings. The highest BCUT2D eigenvalue weighted by atomic mass is 16.2. The third kappa shape index (κ3) is 2.60. The molecule has 0 heterocycles. The molecule has 0 aliphatic carbocycles. The van der Waals surface area contributed by atoms with E-state index < -0.39 is 5.41 Å². The summed E-state index contributed by atoms with van der Waals surface area (Å²) in [7, 11) is 0. The molecule has 3 heteroatoms. The highest BCUT2D eigenvalue weighted by molar-refractivity contribution is 5.97. The van der Waals surface area contributed by atoms with E-state index in [1.807, 2.05) is 38.1 Å². The van der Waals surface area contributed by atoms with Gasteiger partial charge in [0.2, 0.25) is 5.91 Å². The van der Waals surface area contributed by atoms with Crippen molar-refractivity contribution in [3.8, 4) is 6.07 Å². The van der Waals surface area contributed by atoms with Crippen molar-refractivity contribution in [3.63, 3.8) is 0 Å². The minimum atomic E-state index is -1.00. The fourth-order valence-electron chi connectivity index (χ4n) is 1.20. The molecular formula is C13H16N2O. The first-order chi connectivity index (χ1) is 7.36. The third-order valence-corrected chi connectivity index (χ3v) is 2.49. The van der Waals surface area contributed by atoms with Crippen LogP contribution >= 0.6 is 0 Å². The summed E-state index contributed by atoms with van der Waals surface area (Å²) in [5, 5.41) is 11.6. The molecule has 1 aromatic rings. The number of carbonyl (C=O) groups excluding carboxylic acids is 1. The molecule has 0 spiro atoms. The van der Waals surface area contributed by atoms with Crippen LogP contribution in [0.15, 0.2) is 18.2 Å². The second kappa shape index (κ2) is 4.36. The van der Waals surface area contributed by atoms with Gasteiger partial charge in [-0.25, -0.2) is 0 Å². The number of benzene rings is 1. The minimum absolute atomic E-state index is 0.274. The number of hydrogen-bond acceptors (Lipinski definition) is 2. The number of nitrogens with one attached hydrogen (secondary N) is 1. The Morgan fingerprint density at radius 1 is 1.38 bits per heavy atom. The zero-order chi connectivity index (χ0) is 12.3. The van der Waals surface area contributed by atoms with Gasteiger partial charge in [0.15, 0.2) is 0 Å². The van der Waals surface area contributed by atoms with Crippen LogP contribution in [0.2, 0.25) is 0 Å². The summed E-state index contributed by atoms with van der Waals surface area (Å²) in [6.07, 6.45) is 0. The summed E-state index contributed by atoms with van der Waals surface area (Å²) in [5.41, 5.74) is 1.84. The van der Waals surface area contributed by atoms with Gasteiger partial charge in [0.1, 0.15) is 5.41 Å². The van der Waals surface area contributed by atoms with Crippen LogP contribution in [0.1, 0.15) is 25.0 Å². The molecule has 0 saturated carbocycles. The molecule has 0 atom stereocenters. The molecule has 0 saturated heterocycles. The molecule has 1 N–H and O–H groups in total. The van der Waals surface area contributed by atoms with E-state index in [0.717, 1.165) is 16.8 Å². The molecular weight excluding hydrogens is 200 g/mol. The van der Waals surface area contributed by atoms with E-state index in [2.05, 4.69) is 5.32 Å². The number of anilines is 1. The predicted octanol–water partition coefficient (Wildman–Crippen LogP) is 2.79. The van der Waals surface area contributed by atoms with Crippen molar-refractivity contribution < 1.29 is 4.79 Å². The van der Waals surface area contributed by atoms with E-state index in [1.54, 1.807) is 13.8 Å². The maximum absolute atomic E-state index is 11.8. The van der Waals surface area contributed by atoms with E-state index in [0.29, 0.717) is 0 Å². The molecule has 0 bridgehead atoms. The maximum Gasteiger partial charge on any atom is 0.244 e. The topological polar surface area (TPSA) is 52.9 Å². The first-order valence-corrected chi connectivity index (χ1v) is 5.17. The number of amides is 1. The van der Waals surface area contributed by atoms with Gasteiger partial charge in [0.05, 0.1) is 6.07 Å².